The summed E-state index contributed by atoms with van der Waals surface area (Å²) in [5.41, 5.74) is -1.09. The van der Waals surface area contributed by atoms with Gasteiger partial charge in [0, 0.05) is 6.54 Å². The fraction of sp³-hybridized carbons (Fsp3) is 0.833. The number of nitrogens with one attached hydrogen (secondary N) is 1. The molecule has 9 heavy (non-hydrogen) atoms. The van der Waals surface area contributed by atoms with Crippen molar-refractivity contribution >= 4 is 0 Å². The molecule has 0 aromatic carbocycles. The lowest BCUT2D eigenvalue weighted by Crippen LogP contribution is -2.44. The lowest BCUT2D eigenvalue weighted by Gasteiger charge is -2.25. The first-order valence-electron chi connectivity index (χ1n) is 3.11. The van der Waals surface area contributed by atoms with Crippen LogP contribution in [0.1, 0.15) is 12.8 Å². The van der Waals surface area contributed by atoms with E-state index in [1.54, 1.807) is 0 Å². The third-order valence-electron chi connectivity index (χ3n) is 1.57. The molecular formula is C6H10N2O. The zero-order valence-electron chi connectivity index (χ0n) is 5.22. The summed E-state index contributed by atoms with van der Waals surface area (Å²) in [6.45, 7) is 1.34. The van der Waals surface area contributed by atoms with Crippen molar-refractivity contribution in [2.75, 3.05) is 13.1 Å². The zero-order chi connectivity index (χ0) is 6.74. The van der Waals surface area contributed by atoms with Gasteiger partial charge in [-0.3, -0.25) is 0 Å². The van der Waals surface area contributed by atoms with Crippen molar-refractivity contribution in [1.29, 1.82) is 5.26 Å². The number of hydrogen-bond donors (Lipinski definition) is 2. The minimum Gasteiger partial charge on any atom is -0.374 e. The molecule has 0 spiro atoms. The van der Waals surface area contributed by atoms with Gasteiger partial charge >= 0.3 is 0 Å². The minimum absolute atomic E-state index is 0.420. The SMILES string of the molecule is N#CC1(O)CCCNC1. The van der Waals surface area contributed by atoms with Crippen molar-refractivity contribution in [2.45, 2.75) is 18.4 Å². The van der Waals surface area contributed by atoms with Crippen LogP contribution < -0.4 is 5.32 Å². The van der Waals surface area contributed by atoms with Crippen LogP contribution in [-0.4, -0.2) is 23.8 Å². The Morgan fingerprint density at radius 2 is 2.44 bits per heavy atom. The first-order valence-corrected chi connectivity index (χ1v) is 3.11. The van der Waals surface area contributed by atoms with Gasteiger partial charge in [-0.05, 0) is 19.4 Å². The van der Waals surface area contributed by atoms with Crippen molar-refractivity contribution in [1.82, 2.24) is 5.32 Å². The molecule has 1 atom stereocenters. The molecule has 0 amide bonds. The van der Waals surface area contributed by atoms with Gasteiger partial charge in [0.25, 0.3) is 0 Å². The number of rotatable bonds is 0. The zero-order valence-corrected chi connectivity index (χ0v) is 5.22. The van der Waals surface area contributed by atoms with Crippen molar-refractivity contribution in [3.05, 3.63) is 0 Å². The van der Waals surface area contributed by atoms with Crippen LogP contribution in [0, 0.1) is 11.3 Å². The van der Waals surface area contributed by atoms with E-state index in [2.05, 4.69) is 5.32 Å². The Morgan fingerprint density at radius 3 is 2.78 bits per heavy atom. The maximum absolute atomic E-state index is 9.26. The van der Waals surface area contributed by atoms with E-state index in [0.29, 0.717) is 13.0 Å². The van der Waals surface area contributed by atoms with Gasteiger partial charge in [-0.1, -0.05) is 0 Å². The molecule has 1 fully saturated rings. The molecule has 3 nitrogen and oxygen atoms in total. The van der Waals surface area contributed by atoms with Gasteiger partial charge in [0.05, 0.1) is 6.07 Å². The second kappa shape index (κ2) is 2.34. The Kier molecular flexibility index (Phi) is 1.70. The van der Waals surface area contributed by atoms with Crippen LogP contribution in [0.3, 0.4) is 0 Å². The molecule has 0 radical (unpaired) electrons. The predicted molar refractivity (Wildman–Crippen MR) is 32.7 cm³/mol. The summed E-state index contributed by atoms with van der Waals surface area (Å²) in [4.78, 5) is 0. The fourth-order valence-electron chi connectivity index (χ4n) is 0.985. The Hall–Kier alpha value is -0.590. The smallest absolute Gasteiger partial charge is 0.163 e. The highest BCUT2D eigenvalue weighted by Gasteiger charge is 2.27. The third-order valence-corrected chi connectivity index (χ3v) is 1.57. The molecule has 2 N–H and O–H groups in total. The van der Waals surface area contributed by atoms with Crippen LogP contribution >= 0.6 is 0 Å². The number of aliphatic hydroxyl groups is 1. The maximum atomic E-state index is 9.26. The molecule has 1 aliphatic rings. The van der Waals surface area contributed by atoms with Crippen LogP contribution in [0.2, 0.25) is 0 Å². The standard InChI is InChI=1S/C6H10N2O/c7-4-6(9)2-1-3-8-5-6/h8-9H,1-3,5H2. The summed E-state index contributed by atoms with van der Waals surface area (Å²) in [5, 5.41) is 20.6. The Balaban J connectivity index is 2.49. The molecule has 1 aliphatic heterocycles. The van der Waals surface area contributed by atoms with Gasteiger partial charge in [-0.25, -0.2) is 0 Å². The molecule has 0 aliphatic carbocycles. The molecule has 0 bridgehead atoms. The van der Waals surface area contributed by atoms with Crippen molar-refractivity contribution < 1.29 is 5.11 Å². The first kappa shape index (κ1) is 6.53. The molecule has 0 aromatic heterocycles. The van der Waals surface area contributed by atoms with Crippen LogP contribution in [-0.2, 0) is 0 Å². The molecule has 1 heterocycles. The number of hydrogen-bond acceptors (Lipinski definition) is 3. The Morgan fingerprint density at radius 1 is 1.67 bits per heavy atom. The molecule has 0 saturated carbocycles. The fourth-order valence-corrected chi connectivity index (χ4v) is 0.985. The number of nitriles is 1. The van der Waals surface area contributed by atoms with E-state index in [9.17, 15) is 5.11 Å². The van der Waals surface area contributed by atoms with Crippen molar-refractivity contribution in [3.63, 3.8) is 0 Å². The molecule has 50 valence electrons. The van der Waals surface area contributed by atoms with Gasteiger partial charge < -0.3 is 10.4 Å². The summed E-state index contributed by atoms with van der Waals surface area (Å²) in [6, 6.07) is 1.87. The van der Waals surface area contributed by atoms with E-state index in [4.69, 9.17) is 5.26 Å². The summed E-state index contributed by atoms with van der Waals surface area (Å²) in [5.74, 6) is 0. The lowest BCUT2D eigenvalue weighted by molar-refractivity contribution is 0.0715. The molecule has 1 saturated heterocycles. The van der Waals surface area contributed by atoms with E-state index in [-0.39, 0.29) is 0 Å². The normalized spacial score (nSPS) is 35.6. The van der Waals surface area contributed by atoms with Gasteiger partial charge in [0.1, 0.15) is 0 Å². The summed E-state index contributed by atoms with van der Waals surface area (Å²) >= 11 is 0. The topological polar surface area (TPSA) is 56.0 Å². The Bertz CT molecular complexity index is 132. The summed E-state index contributed by atoms with van der Waals surface area (Å²) in [7, 11) is 0. The van der Waals surface area contributed by atoms with Crippen LogP contribution in [0.5, 0.6) is 0 Å². The van der Waals surface area contributed by atoms with Crippen molar-refractivity contribution in [2.24, 2.45) is 0 Å². The van der Waals surface area contributed by atoms with Crippen LogP contribution in [0.4, 0.5) is 0 Å². The lowest BCUT2D eigenvalue weighted by atomic mass is 9.96. The van der Waals surface area contributed by atoms with Gasteiger partial charge in [-0.2, -0.15) is 5.26 Å². The Labute approximate surface area is 54.3 Å². The number of nitrogens with zero attached hydrogens (tertiary/aromatic N) is 1. The van der Waals surface area contributed by atoms with Crippen LogP contribution in [0.25, 0.3) is 0 Å². The molecule has 1 unspecified atom stereocenters. The quantitative estimate of drug-likeness (QED) is 0.435. The van der Waals surface area contributed by atoms with E-state index >= 15 is 0 Å². The van der Waals surface area contributed by atoms with Crippen LogP contribution in [0.15, 0.2) is 0 Å². The monoisotopic (exact) mass is 126 g/mol. The van der Waals surface area contributed by atoms with E-state index in [1.165, 1.54) is 0 Å². The highest BCUT2D eigenvalue weighted by atomic mass is 16.3. The molecule has 0 aromatic rings. The second-order valence-corrected chi connectivity index (χ2v) is 2.42. The molecule has 3 heteroatoms. The number of β-amino-alcohol motifs (C(OH)–C–C–N with tert-alkyl or cyclic N) is 1. The van der Waals surface area contributed by atoms with Gasteiger partial charge in [0.2, 0.25) is 0 Å². The molecular weight excluding hydrogens is 116 g/mol. The minimum atomic E-state index is -1.09. The summed E-state index contributed by atoms with van der Waals surface area (Å²) in [6.07, 6.45) is 1.50. The maximum Gasteiger partial charge on any atom is 0.163 e. The highest BCUT2D eigenvalue weighted by Crippen LogP contribution is 2.13. The number of piperidine rings is 1. The first-order chi connectivity index (χ1) is 4.27. The van der Waals surface area contributed by atoms with E-state index < -0.39 is 5.60 Å². The van der Waals surface area contributed by atoms with Gasteiger partial charge in [0.15, 0.2) is 5.60 Å². The van der Waals surface area contributed by atoms with Gasteiger partial charge in [-0.15, -0.1) is 0 Å². The average molecular weight is 126 g/mol. The second-order valence-electron chi connectivity index (χ2n) is 2.42. The summed E-state index contributed by atoms with van der Waals surface area (Å²) < 4.78 is 0. The van der Waals surface area contributed by atoms with Crippen molar-refractivity contribution in [3.8, 4) is 6.07 Å². The average Bonchev–Trinajstić information content (AvgIpc) is 1.90. The highest BCUT2D eigenvalue weighted by molar-refractivity contribution is 5.03. The van der Waals surface area contributed by atoms with E-state index in [1.807, 2.05) is 6.07 Å². The largest absolute Gasteiger partial charge is 0.374 e. The molecule has 1 rings (SSSR count). The third kappa shape index (κ3) is 1.41. The van der Waals surface area contributed by atoms with E-state index in [0.717, 1.165) is 13.0 Å². The predicted octanol–water partition coefficient (Wildman–Crippen LogP) is -0.376.